The van der Waals surface area contributed by atoms with E-state index in [1.165, 1.54) is 6.92 Å². The van der Waals surface area contributed by atoms with E-state index < -0.39 is 0 Å². The normalized spacial score (nSPS) is 19.5. The van der Waals surface area contributed by atoms with Gasteiger partial charge in [-0.1, -0.05) is 0 Å². The van der Waals surface area contributed by atoms with Crippen LogP contribution in [0.1, 0.15) is 44.1 Å². The molecule has 0 unspecified atom stereocenters. The van der Waals surface area contributed by atoms with Crippen molar-refractivity contribution in [2.45, 2.75) is 45.3 Å². The average molecular weight is 373 g/mol. The molecule has 1 aliphatic heterocycles. The summed E-state index contributed by atoms with van der Waals surface area (Å²) in [5.74, 6) is -0.0963. The van der Waals surface area contributed by atoms with Gasteiger partial charge in [0, 0.05) is 57.1 Å². The number of hydrogen-bond acceptors (Lipinski definition) is 4. The van der Waals surface area contributed by atoms with Gasteiger partial charge in [-0.3, -0.25) is 14.2 Å². The van der Waals surface area contributed by atoms with Crippen LogP contribution in [0.15, 0.2) is 24.5 Å². The minimum Gasteiger partial charge on any atom is -0.351 e. The third-order valence-corrected chi connectivity index (χ3v) is 4.85. The number of rotatable bonds is 5. The number of aryl methyl sites for hydroxylation is 1. The fourth-order valence-corrected chi connectivity index (χ4v) is 3.46. The summed E-state index contributed by atoms with van der Waals surface area (Å²) in [7, 11) is 1.87. The maximum Gasteiger partial charge on any atom is 0.317 e. The van der Waals surface area contributed by atoms with Crippen LogP contribution in [0.5, 0.6) is 0 Å². The van der Waals surface area contributed by atoms with Crippen LogP contribution in [0.25, 0.3) is 0 Å². The van der Waals surface area contributed by atoms with Gasteiger partial charge in [-0.15, -0.1) is 0 Å². The zero-order chi connectivity index (χ0) is 19.6. The number of aromatic nitrogens is 4. The highest BCUT2D eigenvalue weighted by atomic mass is 16.2. The lowest BCUT2D eigenvalue weighted by Crippen LogP contribution is -2.42. The predicted octanol–water partition coefficient (Wildman–Crippen LogP) is 1.01. The fraction of sp³-hybridized carbons (Fsp3) is 0.556. The van der Waals surface area contributed by atoms with Gasteiger partial charge in [-0.25, -0.2) is 4.79 Å². The predicted molar refractivity (Wildman–Crippen MR) is 100.0 cm³/mol. The van der Waals surface area contributed by atoms with Gasteiger partial charge in [0.2, 0.25) is 5.91 Å². The number of likely N-dealkylation sites (tertiary alicyclic amines) is 1. The van der Waals surface area contributed by atoms with Gasteiger partial charge in [0.1, 0.15) is 0 Å². The van der Waals surface area contributed by atoms with Crippen molar-refractivity contribution in [3.63, 3.8) is 0 Å². The first-order valence-corrected chi connectivity index (χ1v) is 9.17. The molecule has 3 heterocycles. The van der Waals surface area contributed by atoms with Crippen LogP contribution >= 0.6 is 0 Å². The molecule has 0 bridgehead atoms. The lowest BCUT2D eigenvalue weighted by atomic mass is 9.99. The summed E-state index contributed by atoms with van der Waals surface area (Å²) in [6, 6.07) is 3.83. The topological polar surface area (TPSA) is 97.1 Å². The highest BCUT2D eigenvalue weighted by Gasteiger charge is 2.38. The van der Waals surface area contributed by atoms with Gasteiger partial charge in [-0.05, 0) is 26.0 Å². The lowest BCUT2D eigenvalue weighted by molar-refractivity contribution is -0.119. The number of hydrogen-bond donors (Lipinski definition) is 2. The standard InChI is InChI=1S/C18H27N7O2/c1-12(2)25-8-6-14(22-25)9-19-18(27)24-10-15(16(11-24)21-13(3)26)17-5-7-20-23(17)4/h5-8,12,15-16H,9-11H2,1-4H3,(H,19,27)(H,21,26)/t15-,16-/m1/s1. The van der Waals surface area contributed by atoms with Crippen LogP contribution < -0.4 is 10.6 Å². The summed E-state index contributed by atoms with van der Waals surface area (Å²) >= 11 is 0. The Balaban J connectivity index is 1.64. The maximum atomic E-state index is 12.6. The molecule has 27 heavy (non-hydrogen) atoms. The molecular formula is C18H27N7O2. The first-order valence-electron chi connectivity index (χ1n) is 9.17. The number of nitrogens with one attached hydrogen (secondary N) is 2. The summed E-state index contributed by atoms with van der Waals surface area (Å²) in [5.41, 5.74) is 1.82. The Bertz CT molecular complexity index is 810. The summed E-state index contributed by atoms with van der Waals surface area (Å²) in [4.78, 5) is 26.0. The third-order valence-electron chi connectivity index (χ3n) is 4.85. The lowest BCUT2D eigenvalue weighted by Gasteiger charge is -2.18. The summed E-state index contributed by atoms with van der Waals surface area (Å²) < 4.78 is 3.65. The molecule has 9 heteroatoms. The molecule has 3 amide bonds. The van der Waals surface area contributed by atoms with E-state index in [2.05, 4.69) is 34.7 Å². The van der Waals surface area contributed by atoms with Crippen LogP contribution in [0.3, 0.4) is 0 Å². The Labute approximate surface area is 158 Å². The smallest absolute Gasteiger partial charge is 0.317 e. The molecule has 2 atom stereocenters. The second kappa shape index (κ2) is 7.81. The zero-order valence-electron chi connectivity index (χ0n) is 16.2. The van der Waals surface area contributed by atoms with Crippen molar-refractivity contribution in [1.82, 2.24) is 35.1 Å². The highest BCUT2D eigenvalue weighted by molar-refractivity contribution is 5.76. The fourth-order valence-electron chi connectivity index (χ4n) is 3.46. The molecule has 1 fully saturated rings. The molecule has 1 aliphatic rings. The second-order valence-corrected chi connectivity index (χ2v) is 7.24. The number of nitrogens with zero attached hydrogens (tertiary/aromatic N) is 5. The van der Waals surface area contributed by atoms with E-state index in [-0.39, 0.29) is 29.9 Å². The first kappa shape index (κ1) is 18.9. The molecule has 2 N–H and O–H groups in total. The van der Waals surface area contributed by atoms with Crippen LogP contribution in [0.2, 0.25) is 0 Å². The Morgan fingerprint density at radius 1 is 1.30 bits per heavy atom. The van der Waals surface area contributed by atoms with E-state index in [4.69, 9.17) is 0 Å². The molecular weight excluding hydrogens is 346 g/mol. The molecule has 3 rings (SSSR count). The van der Waals surface area contributed by atoms with E-state index in [1.54, 1.807) is 15.8 Å². The summed E-state index contributed by atoms with van der Waals surface area (Å²) in [6.45, 7) is 6.96. The van der Waals surface area contributed by atoms with Gasteiger partial charge >= 0.3 is 6.03 Å². The van der Waals surface area contributed by atoms with Crippen molar-refractivity contribution in [3.8, 4) is 0 Å². The van der Waals surface area contributed by atoms with Crippen molar-refractivity contribution in [2.24, 2.45) is 7.05 Å². The van der Waals surface area contributed by atoms with E-state index in [0.29, 0.717) is 19.6 Å². The maximum absolute atomic E-state index is 12.6. The van der Waals surface area contributed by atoms with Crippen molar-refractivity contribution in [2.75, 3.05) is 13.1 Å². The average Bonchev–Trinajstić information content (AvgIpc) is 3.31. The largest absolute Gasteiger partial charge is 0.351 e. The van der Waals surface area contributed by atoms with Crippen LogP contribution in [0, 0.1) is 0 Å². The minimum atomic E-state index is -0.158. The zero-order valence-corrected chi connectivity index (χ0v) is 16.2. The van der Waals surface area contributed by atoms with E-state index in [1.807, 2.05) is 30.1 Å². The van der Waals surface area contributed by atoms with E-state index >= 15 is 0 Å². The molecule has 1 saturated heterocycles. The SMILES string of the molecule is CC(=O)N[C@@H]1CN(C(=O)NCc2ccn(C(C)C)n2)C[C@H]1c1ccnn1C. The van der Waals surface area contributed by atoms with Gasteiger partial charge < -0.3 is 15.5 Å². The van der Waals surface area contributed by atoms with Crippen molar-refractivity contribution in [1.29, 1.82) is 0 Å². The first-order chi connectivity index (χ1) is 12.8. The second-order valence-electron chi connectivity index (χ2n) is 7.24. The minimum absolute atomic E-state index is 0.00676. The van der Waals surface area contributed by atoms with Crippen LogP contribution in [0.4, 0.5) is 4.79 Å². The van der Waals surface area contributed by atoms with Crippen molar-refractivity contribution in [3.05, 3.63) is 35.9 Å². The molecule has 2 aromatic heterocycles. The number of carbonyl (C=O) groups is 2. The number of carbonyl (C=O) groups excluding carboxylic acids is 2. The van der Waals surface area contributed by atoms with Gasteiger partial charge in [0.25, 0.3) is 0 Å². The van der Waals surface area contributed by atoms with Crippen LogP contribution in [-0.2, 0) is 18.4 Å². The summed E-state index contributed by atoms with van der Waals surface area (Å²) in [6.07, 6.45) is 3.64. The molecule has 9 nitrogen and oxygen atoms in total. The van der Waals surface area contributed by atoms with Crippen molar-refractivity contribution < 1.29 is 9.59 Å². The molecule has 0 spiro atoms. The Morgan fingerprint density at radius 3 is 2.67 bits per heavy atom. The Morgan fingerprint density at radius 2 is 2.07 bits per heavy atom. The highest BCUT2D eigenvalue weighted by Crippen LogP contribution is 2.27. The Hall–Kier alpha value is -2.84. The monoisotopic (exact) mass is 373 g/mol. The Kier molecular flexibility index (Phi) is 5.48. The molecule has 0 radical (unpaired) electrons. The van der Waals surface area contributed by atoms with E-state index in [9.17, 15) is 9.59 Å². The summed E-state index contributed by atoms with van der Waals surface area (Å²) in [5, 5.41) is 14.5. The quantitative estimate of drug-likeness (QED) is 0.817. The van der Waals surface area contributed by atoms with Gasteiger partial charge in [0.15, 0.2) is 0 Å². The number of urea groups is 1. The molecule has 2 aromatic rings. The molecule has 0 aromatic carbocycles. The molecule has 0 aliphatic carbocycles. The van der Waals surface area contributed by atoms with E-state index in [0.717, 1.165) is 11.4 Å². The van der Waals surface area contributed by atoms with Crippen LogP contribution in [-0.4, -0.2) is 55.5 Å². The van der Waals surface area contributed by atoms with Crippen molar-refractivity contribution >= 4 is 11.9 Å². The van der Waals surface area contributed by atoms with Gasteiger partial charge in [-0.2, -0.15) is 10.2 Å². The molecule has 0 saturated carbocycles. The van der Waals surface area contributed by atoms with Gasteiger partial charge in [0.05, 0.1) is 18.3 Å². The number of amides is 3. The third kappa shape index (κ3) is 4.29. The molecule has 146 valence electrons.